The van der Waals surface area contributed by atoms with Gasteiger partial charge in [0.2, 0.25) is 5.88 Å². The molecule has 0 aromatic carbocycles. The van der Waals surface area contributed by atoms with Gasteiger partial charge in [-0.2, -0.15) is 0 Å². The van der Waals surface area contributed by atoms with Crippen molar-refractivity contribution in [1.29, 1.82) is 0 Å². The topological polar surface area (TPSA) is 43.4 Å². The van der Waals surface area contributed by atoms with E-state index in [4.69, 9.17) is 9.47 Å². The third kappa shape index (κ3) is 5.29. The minimum atomic E-state index is 0.645. The molecule has 0 bridgehead atoms. The van der Waals surface area contributed by atoms with Gasteiger partial charge in [-0.25, -0.2) is 4.98 Å². The van der Waals surface area contributed by atoms with Crippen molar-refractivity contribution in [1.82, 2.24) is 10.3 Å². The molecular weight excluding hydrogens is 228 g/mol. The lowest BCUT2D eigenvalue weighted by Gasteiger charge is -2.07. The lowest BCUT2D eigenvalue weighted by atomic mass is 10.1. The number of methoxy groups -OCH3 is 2. The van der Waals surface area contributed by atoms with Crippen LogP contribution in [0.5, 0.6) is 5.88 Å². The first-order valence-electron chi connectivity index (χ1n) is 6.20. The van der Waals surface area contributed by atoms with Gasteiger partial charge in [-0.3, -0.25) is 0 Å². The summed E-state index contributed by atoms with van der Waals surface area (Å²) in [5, 5.41) is 3.33. The zero-order valence-corrected chi connectivity index (χ0v) is 11.4. The Morgan fingerprint density at radius 1 is 1.39 bits per heavy atom. The van der Waals surface area contributed by atoms with Crippen LogP contribution in [0.1, 0.15) is 19.0 Å². The van der Waals surface area contributed by atoms with Gasteiger partial charge in [0.1, 0.15) is 0 Å². The first kappa shape index (κ1) is 14.7. The molecule has 0 saturated carbocycles. The average Bonchev–Trinajstić information content (AvgIpc) is 2.42. The number of aromatic nitrogens is 1. The van der Waals surface area contributed by atoms with Gasteiger partial charge in [0.05, 0.1) is 19.4 Å². The molecule has 0 amide bonds. The van der Waals surface area contributed by atoms with Gasteiger partial charge in [0.15, 0.2) is 0 Å². The molecule has 0 aliphatic heterocycles. The SMILES string of the molecule is CC/C(=C/c1cccc(OC)n1)CNCCOC. The lowest BCUT2D eigenvalue weighted by Crippen LogP contribution is -2.21. The summed E-state index contributed by atoms with van der Waals surface area (Å²) in [7, 11) is 3.33. The van der Waals surface area contributed by atoms with Gasteiger partial charge >= 0.3 is 0 Å². The molecule has 0 saturated heterocycles. The van der Waals surface area contributed by atoms with E-state index in [2.05, 4.69) is 23.3 Å². The molecule has 4 heteroatoms. The fourth-order valence-corrected chi connectivity index (χ4v) is 1.54. The highest BCUT2D eigenvalue weighted by Crippen LogP contribution is 2.11. The predicted molar refractivity (Wildman–Crippen MR) is 73.8 cm³/mol. The lowest BCUT2D eigenvalue weighted by molar-refractivity contribution is 0.200. The van der Waals surface area contributed by atoms with Crippen LogP contribution in [0.15, 0.2) is 23.8 Å². The molecule has 1 aromatic heterocycles. The molecule has 1 N–H and O–H groups in total. The van der Waals surface area contributed by atoms with Gasteiger partial charge < -0.3 is 14.8 Å². The van der Waals surface area contributed by atoms with E-state index in [9.17, 15) is 0 Å². The summed E-state index contributed by atoms with van der Waals surface area (Å²) < 4.78 is 10.1. The second kappa shape index (κ2) is 8.66. The molecule has 100 valence electrons. The van der Waals surface area contributed by atoms with Crippen LogP contribution in [0.2, 0.25) is 0 Å². The number of nitrogens with zero attached hydrogens (tertiary/aromatic N) is 1. The number of hydrogen-bond donors (Lipinski definition) is 1. The zero-order valence-electron chi connectivity index (χ0n) is 11.4. The van der Waals surface area contributed by atoms with Crippen LogP contribution in [0.3, 0.4) is 0 Å². The minimum Gasteiger partial charge on any atom is -0.481 e. The van der Waals surface area contributed by atoms with Gasteiger partial charge in [-0.1, -0.05) is 18.6 Å². The van der Waals surface area contributed by atoms with Crippen LogP contribution in [-0.2, 0) is 4.74 Å². The summed E-state index contributed by atoms with van der Waals surface area (Å²) in [4.78, 5) is 4.37. The Hall–Kier alpha value is -1.39. The highest BCUT2D eigenvalue weighted by atomic mass is 16.5. The van der Waals surface area contributed by atoms with E-state index in [0.717, 1.165) is 31.8 Å². The van der Waals surface area contributed by atoms with E-state index in [1.165, 1.54) is 5.57 Å². The molecular formula is C14H22N2O2. The molecule has 0 aliphatic carbocycles. The van der Waals surface area contributed by atoms with Crippen molar-refractivity contribution >= 4 is 6.08 Å². The van der Waals surface area contributed by atoms with Crippen LogP contribution in [-0.4, -0.2) is 38.9 Å². The number of nitrogens with one attached hydrogen (secondary N) is 1. The summed E-state index contributed by atoms with van der Waals surface area (Å²) in [5.74, 6) is 0.645. The highest BCUT2D eigenvalue weighted by molar-refractivity contribution is 5.49. The molecule has 0 spiro atoms. The van der Waals surface area contributed by atoms with Gasteiger partial charge in [0.25, 0.3) is 0 Å². The number of pyridine rings is 1. The minimum absolute atomic E-state index is 0.645. The smallest absolute Gasteiger partial charge is 0.213 e. The standard InChI is InChI=1S/C14H22N2O2/c1-4-12(11-15-8-9-17-2)10-13-6-5-7-14(16-13)18-3/h5-7,10,15H,4,8-9,11H2,1-3H3/b12-10-. The maximum absolute atomic E-state index is 5.11. The Labute approximate surface area is 109 Å². The second-order valence-corrected chi connectivity index (χ2v) is 3.93. The summed E-state index contributed by atoms with van der Waals surface area (Å²) in [5.41, 5.74) is 2.24. The van der Waals surface area contributed by atoms with E-state index in [1.54, 1.807) is 14.2 Å². The quantitative estimate of drug-likeness (QED) is 0.718. The summed E-state index contributed by atoms with van der Waals surface area (Å²) in [6, 6.07) is 5.77. The van der Waals surface area contributed by atoms with Gasteiger partial charge in [-0.05, 0) is 18.6 Å². The van der Waals surface area contributed by atoms with Crippen LogP contribution >= 0.6 is 0 Å². The largest absolute Gasteiger partial charge is 0.481 e. The van der Waals surface area contributed by atoms with Crippen molar-refractivity contribution in [2.75, 3.05) is 33.9 Å². The van der Waals surface area contributed by atoms with E-state index in [-0.39, 0.29) is 0 Å². The molecule has 0 radical (unpaired) electrons. The average molecular weight is 250 g/mol. The molecule has 0 unspecified atom stereocenters. The molecule has 1 heterocycles. The maximum atomic E-state index is 5.11. The molecule has 4 nitrogen and oxygen atoms in total. The van der Waals surface area contributed by atoms with E-state index < -0.39 is 0 Å². The second-order valence-electron chi connectivity index (χ2n) is 3.93. The first-order valence-corrected chi connectivity index (χ1v) is 6.20. The van der Waals surface area contributed by atoms with Crippen molar-refractivity contribution in [3.63, 3.8) is 0 Å². The van der Waals surface area contributed by atoms with Crippen LogP contribution in [0.25, 0.3) is 6.08 Å². The Balaban J connectivity index is 2.59. The Morgan fingerprint density at radius 3 is 2.89 bits per heavy atom. The summed E-state index contributed by atoms with van der Waals surface area (Å²) in [6.07, 6.45) is 3.10. The number of rotatable bonds is 8. The molecule has 1 rings (SSSR count). The van der Waals surface area contributed by atoms with Crippen molar-refractivity contribution in [3.8, 4) is 5.88 Å². The van der Waals surface area contributed by atoms with Crippen molar-refractivity contribution in [2.24, 2.45) is 0 Å². The maximum Gasteiger partial charge on any atom is 0.213 e. The molecule has 0 atom stereocenters. The van der Waals surface area contributed by atoms with Crippen molar-refractivity contribution in [2.45, 2.75) is 13.3 Å². The number of hydrogen-bond acceptors (Lipinski definition) is 4. The van der Waals surface area contributed by atoms with E-state index in [1.807, 2.05) is 18.2 Å². The van der Waals surface area contributed by atoms with Crippen LogP contribution < -0.4 is 10.1 Å². The Bertz CT molecular complexity index is 378. The third-order valence-electron chi connectivity index (χ3n) is 2.60. The monoisotopic (exact) mass is 250 g/mol. The molecule has 18 heavy (non-hydrogen) atoms. The van der Waals surface area contributed by atoms with Gasteiger partial charge in [-0.15, -0.1) is 0 Å². The molecule has 0 aliphatic rings. The predicted octanol–water partition coefficient (Wildman–Crippen LogP) is 2.12. The normalized spacial score (nSPS) is 11.6. The number of ether oxygens (including phenoxy) is 2. The fraction of sp³-hybridized carbons (Fsp3) is 0.500. The van der Waals surface area contributed by atoms with Crippen LogP contribution in [0, 0.1) is 0 Å². The molecule has 0 fully saturated rings. The van der Waals surface area contributed by atoms with E-state index in [0.29, 0.717) is 5.88 Å². The Morgan fingerprint density at radius 2 is 2.22 bits per heavy atom. The van der Waals surface area contributed by atoms with Gasteiger partial charge in [0, 0.05) is 26.3 Å². The van der Waals surface area contributed by atoms with Crippen molar-refractivity contribution < 1.29 is 9.47 Å². The summed E-state index contributed by atoms with van der Waals surface area (Å²) in [6.45, 7) is 4.59. The highest BCUT2D eigenvalue weighted by Gasteiger charge is 1.98. The van der Waals surface area contributed by atoms with E-state index >= 15 is 0 Å². The molecule has 1 aromatic rings. The third-order valence-corrected chi connectivity index (χ3v) is 2.60. The fourth-order valence-electron chi connectivity index (χ4n) is 1.54. The van der Waals surface area contributed by atoms with Crippen LogP contribution in [0.4, 0.5) is 0 Å². The zero-order chi connectivity index (χ0) is 13.2. The van der Waals surface area contributed by atoms with Crippen molar-refractivity contribution in [3.05, 3.63) is 29.5 Å². The summed E-state index contributed by atoms with van der Waals surface area (Å²) >= 11 is 0. The Kier molecular flexibility index (Phi) is 7.06. The first-order chi connectivity index (χ1) is 8.80.